The lowest BCUT2D eigenvalue weighted by atomic mass is 10.1. The molecular weight excluding hydrogens is 411 g/mol. The van der Waals surface area contributed by atoms with E-state index < -0.39 is 0 Å². The largest absolute Gasteiger partial charge is 0.496 e. The third-order valence-corrected chi connectivity index (χ3v) is 4.78. The topological polar surface area (TPSA) is 67.4 Å². The van der Waals surface area contributed by atoms with Crippen LogP contribution in [0.2, 0.25) is 10.0 Å². The molecule has 29 heavy (non-hydrogen) atoms. The van der Waals surface area contributed by atoms with Gasteiger partial charge in [-0.05, 0) is 61.0 Å². The summed E-state index contributed by atoms with van der Waals surface area (Å²) in [7, 11) is 1.53. The number of ether oxygens (including phenoxy) is 1. The van der Waals surface area contributed by atoms with Gasteiger partial charge in [-0.1, -0.05) is 35.3 Å². The second kappa shape index (κ2) is 8.99. The molecule has 0 saturated carbocycles. The van der Waals surface area contributed by atoms with Crippen molar-refractivity contribution in [2.24, 2.45) is 0 Å². The maximum atomic E-state index is 12.6. The molecule has 0 aliphatic rings. The number of methoxy groups -OCH3 is 1. The van der Waals surface area contributed by atoms with Crippen LogP contribution >= 0.6 is 23.2 Å². The van der Waals surface area contributed by atoms with E-state index in [1.54, 1.807) is 48.5 Å². The predicted molar refractivity (Wildman–Crippen MR) is 117 cm³/mol. The minimum atomic E-state index is -0.354. The summed E-state index contributed by atoms with van der Waals surface area (Å²) in [4.78, 5) is 24.9. The molecule has 2 amide bonds. The molecule has 2 N–H and O–H groups in total. The quantitative estimate of drug-likeness (QED) is 0.538. The Morgan fingerprint density at radius 1 is 0.828 bits per heavy atom. The zero-order valence-corrected chi connectivity index (χ0v) is 17.3. The Morgan fingerprint density at radius 3 is 1.97 bits per heavy atom. The number of hydrogen-bond acceptors (Lipinski definition) is 3. The fourth-order valence-electron chi connectivity index (χ4n) is 2.81. The van der Waals surface area contributed by atoms with Crippen LogP contribution in [0.25, 0.3) is 0 Å². The van der Waals surface area contributed by atoms with Gasteiger partial charge in [-0.2, -0.15) is 0 Å². The summed E-state index contributed by atoms with van der Waals surface area (Å²) in [6.07, 6.45) is 0. The first kappa shape index (κ1) is 20.7. The Bertz CT molecular complexity index is 1070. The van der Waals surface area contributed by atoms with Crippen LogP contribution in [0, 0.1) is 6.92 Å². The van der Waals surface area contributed by atoms with E-state index in [1.807, 2.05) is 13.0 Å². The number of hydrogen-bond donors (Lipinski definition) is 2. The van der Waals surface area contributed by atoms with Gasteiger partial charge in [-0.3, -0.25) is 9.59 Å². The summed E-state index contributed by atoms with van der Waals surface area (Å²) in [6.45, 7) is 1.88. The lowest BCUT2D eigenvalue weighted by molar-refractivity contribution is 0.101. The number of amides is 2. The molecule has 3 aromatic rings. The number of halogens is 2. The van der Waals surface area contributed by atoms with Gasteiger partial charge in [-0.15, -0.1) is 0 Å². The third-order valence-electron chi connectivity index (χ3n) is 4.24. The number of carbonyl (C=O) groups excluding carboxylic acids is 2. The van der Waals surface area contributed by atoms with Crippen molar-refractivity contribution in [3.05, 3.63) is 87.4 Å². The van der Waals surface area contributed by atoms with Gasteiger partial charge in [0, 0.05) is 16.4 Å². The Labute approximate surface area is 178 Å². The normalized spacial score (nSPS) is 10.3. The molecule has 0 fully saturated rings. The molecule has 7 heteroatoms. The molecule has 3 aromatic carbocycles. The van der Waals surface area contributed by atoms with E-state index in [2.05, 4.69) is 10.6 Å². The number of benzene rings is 3. The fraction of sp³-hybridized carbons (Fsp3) is 0.0909. The van der Waals surface area contributed by atoms with Gasteiger partial charge in [0.05, 0.1) is 23.3 Å². The first-order valence-corrected chi connectivity index (χ1v) is 9.46. The SMILES string of the molecule is COc1c(C)cccc1C(=O)Nc1ccc(NC(=O)c2ccc(Cl)cc2Cl)cc1. The first-order valence-electron chi connectivity index (χ1n) is 8.70. The molecule has 0 bridgehead atoms. The van der Waals surface area contributed by atoms with Crippen LogP contribution in [-0.4, -0.2) is 18.9 Å². The summed E-state index contributed by atoms with van der Waals surface area (Å²) in [5, 5.41) is 6.30. The van der Waals surface area contributed by atoms with E-state index in [9.17, 15) is 9.59 Å². The van der Waals surface area contributed by atoms with Crippen molar-refractivity contribution in [1.82, 2.24) is 0 Å². The summed E-state index contributed by atoms with van der Waals surface area (Å²) in [5.74, 6) is -0.100. The van der Waals surface area contributed by atoms with Crippen LogP contribution in [0.4, 0.5) is 11.4 Å². The van der Waals surface area contributed by atoms with Gasteiger partial charge in [-0.25, -0.2) is 0 Å². The van der Waals surface area contributed by atoms with Crippen LogP contribution in [0.1, 0.15) is 26.3 Å². The maximum Gasteiger partial charge on any atom is 0.259 e. The lowest BCUT2D eigenvalue weighted by Gasteiger charge is -2.12. The number of carbonyl (C=O) groups is 2. The highest BCUT2D eigenvalue weighted by Crippen LogP contribution is 2.25. The van der Waals surface area contributed by atoms with Gasteiger partial charge in [0.1, 0.15) is 5.75 Å². The Hall–Kier alpha value is -3.02. The highest BCUT2D eigenvalue weighted by atomic mass is 35.5. The van der Waals surface area contributed by atoms with Crippen molar-refractivity contribution in [3.8, 4) is 5.75 Å². The molecular formula is C22H18Cl2N2O3. The summed E-state index contributed by atoms with van der Waals surface area (Å²) < 4.78 is 5.33. The summed E-state index contributed by atoms with van der Waals surface area (Å²) in [6, 6.07) is 16.8. The van der Waals surface area contributed by atoms with Crippen molar-refractivity contribution in [2.75, 3.05) is 17.7 Å². The van der Waals surface area contributed by atoms with Crippen molar-refractivity contribution in [1.29, 1.82) is 0 Å². The highest BCUT2D eigenvalue weighted by molar-refractivity contribution is 6.37. The van der Waals surface area contributed by atoms with E-state index in [-0.39, 0.29) is 16.8 Å². The van der Waals surface area contributed by atoms with E-state index >= 15 is 0 Å². The molecule has 5 nitrogen and oxygen atoms in total. The van der Waals surface area contributed by atoms with Gasteiger partial charge in [0.15, 0.2) is 0 Å². The Morgan fingerprint density at radius 2 is 1.41 bits per heavy atom. The first-order chi connectivity index (χ1) is 13.9. The molecule has 0 aliphatic carbocycles. The van der Waals surface area contributed by atoms with Gasteiger partial charge in [0.2, 0.25) is 0 Å². The van der Waals surface area contributed by atoms with Crippen molar-refractivity contribution >= 4 is 46.4 Å². The van der Waals surface area contributed by atoms with Gasteiger partial charge in [0.25, 0.3) is 11.8 Å². The van der Waals surface area contributed by atoms with Gasteiger partial charge < -0.3 is 15.4 Å². The Kier molecular flexibility index (Phi) is 6.42. The van der Waals surface area contributed by atoms with Crippen molar-refractivity contribution < 1.29 is 14.3 Å². The van der Waals surface area contributed by atoms with Crippen molar-refractivity contribution in [3.63, 3.8) is 0 Å². The third kappa shape index (κ3) is 4.88. The average Bonchev–Trinajstić information content (AvgIpc) is 2.69. The molecule has 0 radical (unpaired) electrons. The fourth-order valence-corrected chi connectivity index (χ4v) is 3.30. The summed E-state index contributed by atoms with van der Waals surface area (Å²) >= 11 is 11.9. The number of anilines is 2. The molecule has 0 atom stereocenters. The maximum absolute atomic E-state index is 12.6. The van der Waals surface area contributed by atoms with Gasteiger partial charge >= 0.3 is 0 Å². The molecule has 0 aliphatic heterocycles. The molecule has 0 saturated heterocycles. The lowest BCUT2D eigenvalue weighted by Crippen LogP contribution is -2.14. The average molecular weight is 429 g/mol. The standard InChI is InChI=1S/C22H18Cl2N2O3/c1-13-4-3-5-18(20(13)29-2)22(28)26-16-9-7-15(8-10-16)25-21(27)17-11-6-14(23)12-19(17)24/h3-12H,1-2H3,(H,25,27)(H,26,28). The van der Waals surface area contributed by atoms with E-state index in [4.69, 9.17) is 27.9 Å². The zero-order chi connectivity index (χ0) is 21.0. The number of para-hydroxylation sites is 1. The number of rotatable bonds is 5. The van der Waals surface area contributed by atoms with E-state index in [0.29, 0.717) is 33.3 Å². The highest BCUT2D eigenvalue weighted by Gasteiger charge is 2.14. The van der Waals surface area contributed by atoms with Crippen LogP contribution in [0.3, 0.4) is 0 Å². The number of aryl methyl sites for hydroxylation is 1. The summed E-state index contributed by atoms with van der Waals surface area (Å²) in [5.41, 5.74) is 2.79. The van der Waals surface area contributed by atoms with Crippen LogP contribution < -0.4 is 15.4 Å². The minimum absolute atomic E-state index is 0.269. The molecule has 0 aromatic heterocycles. The molecule has 0 unspecified atom stereocenters. The van der Waals surface area contributed by atoms with E-state index in [0.717, 1.165) is 5.56 Å². The minimum Gasteiger partial charge on any atom is -0.496 e. The van der Waals surface area contributed by atoms with E-state index in [1.165, 1.54) is 13.2 Å². The second-order valence-corrected chi connectivity index (χ2v) is 7.11. The molecule has 3 rings (SSSR count). The van der Waals surface area contributed by atoms with Crippen LogP contribution in [-0.2, 0) is 0 Å². The zero-order valence-electron chi connectivity index (χ0n) is 15.8. The second-order valence-electron chi connectivity index (χ2n) is 6.27. The van der Waals surface area contributed by atoms with Crippen molar-refractivity contribution in [2.45, 2.75) is 6.92 Å². The Balaban J connectivity index is 1.70. The van der Waals surface area contributed by atoms with Crippen LogP contribution in [0.15, 0.2) is 60.7 Å². The monoisotopic (exact) mass is 428 g/mol. The smallest absolute Gasteiger partial charge is 0.259 e. The van der Waals surface area contributed by atoms with Crippen LogP contribution in [0.5, 0.6) is 5.75 Å². The predicted octanol–water partition coefficient (Wildman–Crippen LogP) is 5.82. The molecule has 0 spiro atoms. The molecule has 148 valence electrons. The number of nitrogens with one attached hydrogen (secondary N) is 2. The molecule has 0 heterocycles.